The number of hydrogen-bond acceptors (Lipinski definition) is 5. The molecular weight excluding hydrogens is 542 g/mol. The molecule has 1 fully saturated rings. The van der Waals surface area contributed by atoms with Crippen molar-refractivity contribution in [2.45, 2.75) is 51.6 Å². The quantitative estimate of drug-likeness (QED) is 0.372. The summed E-state index contributed by atoms with van der Waals surface area (Å²) in [7, 11) is 3.07. The van der Waals surface area contributed by atoms with Gasteiger partial charge in [0, 0.05) is 32.5 Å². The van der Waals surface area contributed by atoms with E-state index in [0.717, 1.165) is 5.56 Å². The van der Waals surface area contributed by atoms with Gasteiger partial charge in [0.1, 0.15) is 6.04 Å². The van der Waals surface area contributed by atoms with Crippen molar-refractivity contribution >= 4 is 34.4 Å². The molecule has 1 atom stereocenters. The molecule has 1 heterocycles. The molecular formula is C34H43N5O4. The molecule has 1 saturated heterocycles. The fraction of sp³-hybridized carbons (Fsp3) is 0.353. The monoisotopic (exact) mass is 585 g/mol. The Labute approximate surface area is 254 Å². The van der Waals surface area contributed by atoms with Crippen LogP contribution in [0.2, 0.25) is 0 Å². The van der Waals surface area contributed by atoms with Gasteiger partial charge in [-0.1, -0.05) is 84.4 Å². The number of rotatable bonds is 9. The van der Waals surface area contributed by atoms with E-state index < -0.39 is 11.6 Å². The smallest absolute Gasteiger partial charge is 0.264 e. The SMILES string of the molecule is CN(CC(=O)N(C)C(Cc1ccccc1)C(=O)N1CCC(=O)N1)C(=O)/C=C/CC(C)(C)N.Cc1ccc2ccccc2c1. The van der Waals surface area contributed by atoms with Gasteiger partial charge in [0.15, 0.2) is 0 Å². The van der Waals surface area contributed by atoms with Crippen molar-refractivity contribution in [3.63, 3.8) is 0 Å². The number of benzene rings is 3. The molecule has 43 heavy (non-hydrogen) atoms. The third kappa shape index (κ3) is 10.4. The molecule has 0 aliphatic carbocycles. The van der Waals surface area contributed by atoms with E-state index >= 15 is 0 Å². The number of carbonyl (C=O) groups excluding carboxylic acids is 4. The second kappa shape index (κ2) is 15.1. The molecule has 0 saturated carbocycles. The molecule has 1 aliphatic rings. The highest BCUT2D eigenvalue weighted by atomic mass is 16.2. The summed E-state index contributed by atoms with van der Waals surface area (Å²) in [5.74, 6) is -1.31. The predicted octanol–water partition coefficient (Wildman–Crippen LogP) is 3.61. The number of amides is 4. The van der Waals surface area contributed by atoms with E-state index in [1.165, 1.54) is 51.3 Å². The van der Waals surface area contributed by atoms with Crippen LogP contribution in [-0.2, 0) is 25.6 Å². The normalized spacial score (nSPS) is 13.7. The van der Waals surface area contributed by atoms with E-state index in [-0.39, 0.29) is 49.6 Å². The van der Waals surface area contributed by atoms with Crippen LogP contribution < -0.4 is 11.2 Å². The minimum absolute atomic E-state index is 0.184. The molecule has 1 aliphatic heterocycles. The highest BCUT2D eigenvalue weighted by molar-refractivity contribution is 5.94. The van der Waals surface area contributed by atoms with Gasteiger partial charge in [-0.05, 0) is 49.6 Å². The van der Waals surface area contributed by atoms with Gasteiger partial charge < -0.3 is 15.5 Å². The lowest BCUT2D eigenvalue weighted by atomic mass is 10.0. The predicted molar refractivity (Wildman–Crippen MR) is 170 cm³/mol. The molecule has 3 aromatic rings. The van der Waals surface area contributed by atoms with E-state index in [0.29, 0.717) is 6.42 Å². The van der Waals surface area contributed by atoms with Gasteiger partial charge in [0.05, 0.1) is 13.1 Å². The molecule has 4 amide bonds. The standard InChI is InChI=1S/C23H33N5O4.C11H10/c1-23(2,24)13-8-11-20(30)26(3)16-21(31)27(4)18(15-17-9-6-5-7-10-17)22(32)28-14-12-19(29)25-28;1-9-6-7-10-4-2-3-5-11(10)8-9/h5-11,18H,12-16,24H2,1-4H3,(H,25,29);2-8H,1H3/b11-8+;. The van der Waals surface area contributed by atoms with E-state index in [9.17, 15) is 19.2 Å². The zero-order valence-corrected chi connectivity index (χ0v) is 25.7. The van der Waals surface area contributed by atoms with Crippen LogP contribution in [0.25, 0.3) is 10.8 Å². The summed E-state index contributed by atoms with van der Waals surface area (Å²) in [6, 6.07) is 23.4. The Balaban J connectivity index is 0.000000380. The van der Waals surface area contributed by atoms with Crippen LogP contribution in [0, 0.1) is 6.92 Å². The van der Waals surface area contributed by atoms with Crippen LogP contribution in [0.5, 0.6) is 0 Å². The first-order chi connectivity index (χ1) is 20.3. The van der Waals surface area contributed by atoms with E-state index in [1.807, 2.05) is 44.2 Å². The van der Waals surface area contributed by atoms with Crippen molar-refractivity contribution in [2.75, 3.05) is 27.2 Å². The molecule has 9 nitrogen and oxygen atoms in total. The van der Waals surface area contributed by atoms with Gasteiger partial charge >= 0.3 is 0 Å². The van der Waals surface area contributed by atoms with Gasteiger partial charge in [-0.2, -0.15) is 0 Å². The van der Waals surface area contributed by atoms with Crippen LogP contribution in [0.4, 0.5) is 0 Å². The maximum Gasteiger partial charge on any atom is 0.264 e. The average molecular weight is 586 g/mol. The average Bonchev–Trinajstić information content (AvgIpc) is 3.41. The zero-order chi connectivity index (χ0) is 31.6. The van der Waals surface area contributed by atoms with E-state index in [4.69, 9.17) is 5.73 Å². The van der Waals surface area contributed by atoms with Crippen molar-refractivity contribution in [1.29, 1.82) is 0 Å². The lowest BCUT2D eigenvalue weighted by molar-refractivity contribution is -0.147. The van der Waals surface area contributed by atoms with Crippen molar-refractivity contribution in [1.82, 2.24) is 20.2 Å². The molecule has 1 unspecified atom stereocenters. The van der Waals surface area contributed by atoms with Gasteiger partial charge in [-0.15, -0.1) is 0 Å². The van der Waals surface area contributed by atoms with Crippen LogP contribution in [0.15, 0.2) is 84.9 Å². The van der Waals surface area contributed by atoms with Crippen LogP contribution >= 0.6 is 0 Å². The topological polar surface area (TPSA) is 116 Å². The first kappa shape index (κ1) is 33.0. The maximum absolute atomic E-state index is 13.1. The third-order valence-corrected chi connectivity index (χ3v) is 7.06. The van der Waals surface area contributed by atoms with Crippen molar-refractivity contribution in [3.8, 4) is 0 Å². The molecule has 9 heteroatoms. The number of fused-ring (bicyclic) bond motifs is 1. The van der Waals surface area contributed by atoms with Crippen molar-refractivity contribution in [3.05, 3.63) is 96.1 Å². The zero-order valence-electron chi connectivity index (χ0n) is 25.7. The summed E-state index contributed by atoms with van der Waals surface area (Å²) < 4.78 is 0. The summed E-state index contributed by atoms with van der Waals surface area (Å²) in [6.45, 7) is 5.90. The minimum atomic E-state index is -0.819. The highest BCUT2D eigenvalue weighted by Gasteiger charge is 2.34. The van der Waals surface area contributed by atoms with E-state index in [2.05, 4.69) is 54.8 Å². The van der Waals surface area contributed by atoms with Gasteiger partial charge in [-0.3, -0.25) is 29.6 Å². The Kier molecular flexibility index (Phi) is 11.6. The number of hydrazine groups is 1. The van der Waals surface area contributed by atoms with Crippen LogP contribution in [0.3, 0.4) is 0 Å². The second-order valence-corrected chi connectivity index (χ2v) is 11.6. The number of nitrogens with one attached hydrogen (secondary N) is 1. The highest BCUT2D eigenvalue weighted by Crippen LogP contribution is 2.15. The Bertz CT molecular complexity index is 1450. The molecule has 3 N–H and O–H groups in total. The van der Waals surface area contributed by atoms with Gasteiger partial charge in [0.25, 0.3) is 5.91 Å². The molecule has 0 radical (unpaired) electrons. The molecule has 3 aromatic carbocycles. The molecule has 4 rings (SSSR count). The maximum atomic E-state index is 13.1. The Morgan fingerprint density at radius 2 is 1.65 bits per heavy atom. The van der Waals surface area contributed by atoms with Gasteiger partial charge in [-0.25, -0.2) is 0 Å². The first-order valence-electron chi connectivity index (χ1n) is 14.4. The number of hydrogen-bond donors (Lipinski definition) is 2. The summed E-state index contributed by atoms with van der Waals surface area (Å²) in [5.41, 5.74) is 10.2. The first-order valence-corrected chi connectivity index (χ1v) is 14.4. The minimum Gasteiger partial charge on any atom is -0.333 e. The largest absolute Gasteiger partial charge is 0.333 e. The molecule has 0 spiro atoms. The Morgan fingerprint density at radius 1 is 1.00 bits per heavy atom. The fourth-order valence-corrected chi connectivity index (χ4v) is 4.51. The number of carbonyl (C=O) groups is 4. The number of nitrogens with two attached hydrogens (primary N) is 1. The number of nitrogens with zero attached hydrogens (tertiary/aromatic N) is 3. The third-order valence-electron chi connectivity index (χ3n) is 7.06. The summed E-state index contributed by atoms with van der Waals surface area (Å²) in [6.07, 6.45) is 4.12. The number of likely N-dealkylation sites (N-methyl/N-ethyl adjacent to an activating group) is 2. The number of aryl methyl sites for hydroxylation is 1. The van der Waals surface area contributed by atoms with Gasteiger partial charge in [0.2, 0.25) is 17.7 Å². The van der Waals surface area contributed by atoms with Crippen LogP contribution in [-0.4, -0.2) is 77.2 Å². The van der Waals surface area contributed by atoms with Crippen LogP contribution in [0.1, 0.15) is 37.8 Å². The molecule has 228 valence electrons. The molecule has 0 aromatic heterocycles. The summed E-state index contributed by atoms with van der Waals surface area (Å²) in [4.78, 5) is 52.6. The summed E-state index contributed by atoms with van der Waals surface area (Å²) >= 11 is 0. The van der Waals surface area contributed by atoms with E-state index in [1.54, 1.807) is 6.08 Å². The Hall–Kier alpha value is -4.50. The summed E-state index contributed by atoms with van der Waals surface area (Å²) in [5, 5.41) is 3.90. The van der Waals surface area contributed by atoms with Crippen molar-refractivity contribution < 1.29 is 19.2 Å². The molecule has 0 bridgehead atoms. The lowest BCUT2D eigenvalue weighted by Crippen LogP contribution is -2.54. The fourth-order valence-electron chi connectivity index (χ4n) is 4.51. The second-order valence-electron chi connectivity index (χ2n) is 11.6. The van der Waals surface area contributed by atoms with Crippen molar-refractivity contribution in [2.24, 2.45) is 5.73 Å². The Morgan fingerprint density at radius 3 is 2.28 bits per heavy atom. The lowest BCUT2D eigenvalue weighted by Gasteiger charge is -2.31.